The van der Waals surface area contributed by atoms with E-state index in [1.54, 1.807) is 7.05 Å². The molecule has 0 aliphatic carbocycles. The molecule has 1 aromatic rings. The minimum atomic E-state index is -1.25. The molecule has 0 saturated heterocycles. The second kappa shape index (κ2) is 5.85. The number of aliphatic carboxylic acids is 1. The Hall–Kier alpha value is -2.58. The highest BCUT2D eigenvalue weighted by molar-refractivity contribution is 6.00. The zero-order valence-corrected chi connectivity index (χ0v) is 10.3. The number of amides is 2. The fourth-order valence-corrected chi connectivity index (χ4v) is 1.40. The van der Waals surface area contributed by atoms with Crippen LogP contribution < -0.4 is 16.8 Å². The van der Waals surface area contributed by atoms with Gasteiger partial charge in [-0.25, -0.2) is 4.79 Å². The van der Waals surface area contributed by atoms with Crippen LogP contribution in [0.1, 0.15) is 23.2 Å². The van der Waals surface area contributed by atoms with Crippen molar-refractivity contribution >= 4 is 23.6 Å². The first kappa shape index (κ1) is 14.5. The summed E-state index contributed by atoms with van der Waals surface area (Å²) in [7, 11) is 1.55. The minimum absolute atomic E-state index is 0.0767. The molecule has 0 aromatic carbocycles. The lowest BCUT2D eigenvalue weighted by atomic mass is 10.1. The number of nitrogen functional groups attached to an aromatic ring is 1. The number of hydrogen-bond donors (Lipinski definition) is 4. The van der Waals surface area contributed by atoms with Crippen molar-refractivity contribution in [3.63, 3.8) is 0 Å². The third-order valence-electron chi connectivity index (χ3n) is 2.51. The van der Waals surface area contributed by atoms with Crippen molar-refractivity contribution in [1.29, 1.82) is 0 Å². The Morgan fingerprint density at radius 2 is 2.16 bits per heavy atom. The van der Waals surface area contributed by atoms with Crippen LogP contribution in [0, 0.1) is 0 Å². The molecule has 9 nitrogen and oxygen atoms in total. The zero-order valence-electron chi connectivity index (χ0n) is 10.3. The first-order chi connectivity index (χ1) is 8.82. The number of primary amides is 1. The molecule has 1 aromatic heterocycles. The van der Waals surface area contributed by atoms with E-state index < -0.39 is 23.8 Å². The molecule has 6 N–H and O–H groups in total. The van der Waals surface area contributed by atoms with E-state index in [4.69, 9.17) is 16.6 Å². The maximum atomic E-state index is 11.8. The van der Waals surface area contributed by atoms with Gasteiger partial charge in [0.2, 0.25) is 5.91 Å². The monoisotopic (exact) mass is 269 g/mol. The van der Waals surface area contributed by atoms with Crippen LogP contribution >= 0.6 is 0 Å². The van der Waals surface area contributed by atoms with E-state index in [0.717, 1.165) is 0 Å². The first-order valence-corrected chi connectivity index (χ1v) is 5.42. The number of carboxylic acid groups (broad SMARTS) is 1. The van der Waals surface area contributed by atoms with Crippen molar-refractivity contribution in [2.75, 3.05) is 5.73 Å². The van der Waals surface area contributed by atoms with Gasteiger partial charge in [-0.2, -0.15) is 5.10 Å². The van der Waals surface area contributed by atoms with E-state index in [-0.39, 0.29) is 24.2 Å². The molecule has 0 bridgehead atoms. The molecule has 9 heteroatoms. The lowest BCUT2D eigenvalue weighted by Crippen LogP contribution is -2.41. The normalized spacial score (nSPS) is 11.8. The van der Waals surface area contributed by atoms with E-state index in [2.05, 4.69) is 10.4 Å². The molecule has 0 radical (unpaired) electrons. The third-order valence-corrected chi connectivity index (χ3v) is 2.51. The molecule has 2 amide bonds. The van der Waals surface area contributed by atoms with Gasteiger partial charge in [-0.15, -0.1) is 0 Å². The summed E-state index contributed by atoms with van der Waals surface area (Å²) in [6, 6.07) is -1.21. The van der Waals surface area contributed by atoms with Crippen molar-refractivity contribution < 1.29 is 19.5 Å². The van der Waals surface area contributed by atoms with Crippen molar-refractivity contribution in [3.8, 4) is 0 Å². The van der Waals surface area contributed by atoms with Crippen LogP contribution in [0.15, 0.2) is 6.20 Å². The number of aryl methyl sites for hydroxylation is 1. The molecule has 0 aliphatic heterocycles. The Bertz CT molecular complexity index is 510. The number of hydrogen-bond acceptors (Lipinski definition) is 5. The van der Waals surface area contributed by atoms with E-state index in [1.807, 2.05) is 0 Å². The van der Waals surface area contributed by atoms with Gasteiger partial charge in [0.1, 0.15) is 17.4 Å². The Labute approximate surface area is 108 Å². The van der Waals surface area contributed by atoms with Crippen LogP contribution in [0.5, 0.6) is 0 Å². The molecular weight excluding hydrogens is 254 g/mol. The highest BCUT2D eigenvalue weighted by Crippen LogP contribution is 2.10. The summed E-state index contributed by atoms with van der Waals surface area (Å²) < 4.78 is 1.29. The molecule has 104 valence electrons. The second-order valence-electron chi connectivity index (χ2n) is 3.94. The van der Waals surface area contributed by atoms with Gasteiger partial charge in [0.25, 0.3) is 5.91 Å². The lowest BCUT2D eigenvalue weighted by Gasteiger charge is -2.13. The zero-order chi connectivity index (χ0) is 14.6. The van der Waals surface area contributed by atoms with Crippen molar-refractivity contribution in [2.24, 2.45) is 12.8 Å². The summed E-state index contributed by atoms with van der Waals surface area (Å²) in [4.78, 5) is 33.4. The Balaban J connectivity index is 2.74. The van der Waals surface area contributed by atoms with Gasteiger partial charge in [-0.05, 0) is 6.42 Å². The summed E-state index contributed by atoms with van der Waals surface area (Å²) in [6.45, 7) is 0. The summed E-state index contributed by atoms with van der Waals surface area (Å²) in [5.74, 6) is -2.43. The Morgan fingerprint density at radius 3 is 2.58 bits per heavy atom. The minimum Gasteiger partial charge on any atom is -0.480 e. The fourth-order valence-electron chi connectivity index (χ4n) is 1.40. The van der Waals surface area contributed by atoms with E-state index in [0.29, 0.717) is 0 Å². The van der Waals surface area contributed by atoms with Crippen LogP contribution in [-0.4, -0.2) is 38.7 Å². The molecule has 0 spiro atoms. The summed E-state index contributed by atoms with van der Waals surface area (Å²) in [5, 5.41) is 15.0. The van der Waals surface area contributed by atoms with Gasteiger partial charge in [-0.1, -0.05) is 0 Å². The molecule has 19 heavy (non-hydrogen) atoms. The van der Waals surface area contributed by atoms with Crippen LogP contribution in [0.2, 0.25) is 0 Å². The molecule has 1 heterocycles. The average Bonchev–Trinajstić information content (AvgIpc) is 2.64. The van der Waals surface area contributed by atoms with Gasteiger partial charge >= 0.3 is 5.97 Å². The number of anilines is 1. The molecule has 0 saturated carbocycles. The molecule has 0 fully saturated rings. The molecular formula is C10H15N5O4. The number of rotatable bonds is 6. The smallest absolute Gasteiger partial charge is 0.326 e. The van der Waals surface area contributed by atoms with E-state index >= 15 is 0 Å². The molecule has 0 aliphatic rings. The topological polar surface area (TPSA) is 153 Å². The van der Waals surface area contributed by atoms with Crippen molar-refractivity contribution in [2.45, 2.75) is 18.9 Å². The first-order valence-electron chi connectivity index (χ1n) is 5.42. The number of nitrogens with zero attached hydrogens (tertiary/aromatic N) is 2. The number of aromatic nitrogens is 2. The van der Waals surface area contributed by atoms with Crippen LogP contribution in [0.4, 0.5) is 5.82 Å². The average molecular weight is 269 g/mol. The van der Waals surface area contributed by atoms with Gasteiger partial charge in [0.05, 0.1) is 6.20 Å². The molecule has 1 atom stereocenters. The number of carboxylic acids is 1. The summed E-state index contributed by atoms with van der Waals surface area (Å²) in [6.07, 6.45) is 1.01. The fraction of sp³-hybridized carbons (Fsp3) is 0.400. The summed E-state index contributed by atoms with van der Waals surface area (Å²) >= 11 is 0. The van der Waals surface area contributed by atoms with Gasteiger partial charge in [0, 0.05) is 13.5 Å². The standard InChI is InChI=1S/C10H15N5O4/c1-15-8(12)5(4-13-15)9(17)14-6(10(18)19)2-3-7(11)16/h4,6H,2-3,12H2,1H3,(H2,11,16)(H,14,17)(H,18,19). The van der Waals surface area contributed by atoms with E-state index in [1.165, 1.54) is 10.9 Å². The lowest BCUT2D eigenvalue weighted by molar-refractivity contribution is -0.139. The van der Waals surface area contributed by atoms with Gasteiger partial charge < -0.3 is 21.9 Å². The van der Waals surface area contributed by atoms with Gasteiger partial charge in [-0.3, -0.25) is 14.3 Å². The van der Waals surface area contributed by atoms with Crippen LogP contribution in [0.3, 0.4) is 0 Å². The largest absolute Gasteiger partial charge is 0.480 e. The second-order valence-corrected chi connectivity index (χ2v) is 3.94. The maximum Gasteiger partial charge on any atom is 0.326 e. The van der Waals surface area contributed by atoms with Gasteiger partial charge in [0.15, 0.2) is 0 Å². The predicted molar refractivity (Wildman–Crippen MR) is 64.9 cm³/mol. The Morgan fingerprint density at radius 1 is 1.53 bits per heavy atom. The SMILES string of the molecule is Cn1ncc(C(=O)NC(CCC(N)=O)C(=O)O)c1N. The summed E-state index contributed by atoms with van der Waals surface area (Å²) in [5.41, 5.74) is 10.6. The van der Waals surface area contributed by atoms with Crippen LogP contribution in [-0.2, 0) is 16.6 Å². The van der Waals surface area contributed by atoms with Crippen molar-refractivity contribution in [1.82, 2.24) is 15.1 Å². The highest BCUT2D eigenvalue weighted by atomic mass is 16.4. The van der Waals surface area contributed by atoms with Crippen LogP contribution in [0.25, 0.3) is 0 Å². The predicted octanol–water partition coefficient (Wildman–Crippen LogP) is -1.55. The number of nitrogens with two attached hydrogens (primary N) is 2. The van der Waals surface area contributed by atoms with E-state index in [9.17, 15) is 14.4 Å². The maximum absolute atomic E-state index is 11.8. The number of carbonyl (C=O) groups excluding carboxylic acids is 2. The quantitative estimate of drug-likeness (QED) is 0.490. The molecule has 1 rings (SSSR count). The number of carbonyl (C=O) groups is 3. The number of nitrogens with one attached hydrogen (secondary N) is 1. The molecule has 1 unspecified atom stereocenters. The highest BCUT2D eigenvalue weighted by Gasteiger charge is 2.23. The van der Waals surface area contributed by atoms with Crippen molar-refractivity contribution in [3.05, 3.63) is 11.8 Å². The Kier molecular flexibility index (Phi) is 4.46. The third kappa shape index (κ3) is 3.69.